The van der Waals surface area contributed by atoms with E-state index < -0.39 is 0 Å². The van der Waals surface area contributed by atoms with Crippen molar-refractivity contribution in [3.63, 3.8) is 0 Å². The Hall–Kier alpha value is -2.67. The van der Waals surface area contributed by atoms with Crippen LogP contribution in [0.5, 0.6) is 5.75 Å². The maximum absolute atomic E-state index is 12.8. The normalized spacial score (nSPS) is 15.3. The van der Waals surface area contributed by atoms with Gasteiger partial charge in [0.1, 0.15) is 11.9 Å². The fraction of sp³-hybridized carbons (Fsp3) is 0.350. The highest BCUT2D eigenvalue weighted by molar-refractivity contribution is 7.16. The summed E-state index contributed by atoms with van der Waals surface area (Å²) >= 11 is 1.54. The Morgan fingerprint density at radius 2 is 2.00 bits per heavy atom. The van der Waals surface area contributed by atoms with Crippen LogP contribution in [0.4, 0.5) is 0 Å². The van der Waals surface area contributed by atoms with Gasteiger partial charge in [0.25, 0.3) is 11.5 Å². The molecule has 7 heteroatoms. The predicted molar refractivity (Wildman–Crippen MR) is 106 cm³/mol. The van der Waals surface area contributed by atoms with Crippen LogP contribution in [0.15, 0.2) is 40.6 Å². The van der Waals surface area contributed by atoms with Crippen molar-refractivity contribution in [1.82, 2.24) is 14.5 Å². The molecule has 2 aromatic heterocycles. The summed E-state index contributed by atoms with van der Waals surface area (Å²) in [5, 5.41) is 0. The van der Waals surface area contributed by atoms with Gasteiger partial charge in [-0.1, -0.05) is 0 Å². The number of hydrogen-bond acceptors (Lipinski definition) is 5. The number of fused-ring (bicyclic) bond motifs is 1. The van der Waals surface area contributed by atoms with Crippen LogP contribution in [0, 0.1) is 6.92 Å². The van der Waals surface area contributed by atoms with Crippen molar-refractivity contribution in [2.24, 2.45) is 7.05 Å². The summed E-state index contributed by atoms with van der Waals surface area (Å²) in [6, 6.07) is 9.06. The van der Waals surface area contributed by atoms with Gasteiger partial charge in [-0.05, 0) is 31.2 Å². The van der Waals surface area contributed by atoms with Crippen molar-refractivity contribution >= 4 is 27.5 Å². The molecule has 4 rings (SSSR count). The molecule has 6 nitrogen and oxygen atoms in total. The second kappa shape index (κ2) is 7.15. The lowest BCUT2D eigenvalue weighted by Crippen LogP contribution is -2.41. The van der Waals surface area contributed by atoms with Gasteiger partial charge in [-0.2, -0.15) is 0 Å². The largest absolute Gasteiger partial charge is 0.490 e. The first-order chi connectivity index (χ1) is 13.0. The fourth-order valence-electron chi connectivity index (χ4n) is 3.34. The van der Waals surface area contributed by atoms with E-state index in [1.54, 1.807) is 28.5 Å². The quantitative estimate of drug-likeness (QED) is 0.697. The van der Waals surface area contributed by atoms with Gasteiger partial charge in [-0.3, -0.25) is 9.59 Å². The van der Waals surface area contributed by atoms with Crippen molar-refractivity contribution in [2.75, 3.05) is 13.1 Å². The molecule has 0 bridgehead atoms. The number of ether oxygens (including phenoxy) is 1. The van der Waals surface area contributed by atoms with E-state index in [2.05, 4.69) is 4.98 Å². The average Bonchev–Trinajstić information content (AvgIpc) is 3.14. The molecule has 0 aliphatic carbocycles. The Labute approximate surface area is 161 Å². The number of amides is 1. The molecule has 1 aromatic carbocycles. The lowest BCUT2D eigenvalue weighted by atomic mass is 10.1. The van der Waals surface area contributed by atoms with Gasteiger partial charge in [0.15, 0.2) is 0 Å². The Bertz CT molecular complexity index is 1050. The van der Waals surface area contributed by atoms with Crippen LogP contribution >= 0.6 is 11.3 Å². The Balaban J connectivity index is 1.39. The van der Waals surface area contributed by atoms with Gasteiger partial charge in [0, 0.05) is 50.3 Å². The van der Waals surface area contributed by atoms with E-state index in [1.165, 1.54) is 6.07 Å². The zero-order valence-electron chi connectivity index (χ0n) is 15.3. The van der Waals surface area contributed by atoms with Crippen LogP contribution in [-0.2, 0) is 7.05 Å². The van der Waals surface area contributed by atoms with Gasteiger partial charge in [-0.25, -0.2) is 4.98 Å². The minimum absolute atomic E-state index is 0.0181. The molecule has 0 spiro atoms. The number of aromatic nitrogens is 2. The number of hydrogen-bond donors (Lipinski definition) is 0. The summed E-state index contributed by atoms with van der Waals surface area (Å²) in [6.07, 6.45) is 1.52. The van der Waals surface area contributed by atoms with Crippen LogP contribution in [0.25, 0.3) is 10.2 Å². The predicted octanol–water partition coefficient (Wildman–Crippen LogP) is 2.99. The third-order valence-electron chi connectivity index (χ3n) is 5.09. The molecule has 1 fully saturated rings. The maximum Gasteiger partial charge on any atom is 0.254 e. The molecule has 1 aliphatic heterocycles. The number of carbonyl (C=O) groups is 1. The molecule has 0 saturated carbocycles. The summed E-state index contributed by atoms with van der Waals surface area (Å²) in [6.45, 7) is 3.18. The first-order valence-corrected chi connectivity index (χ1v) is 9.86. The number of aryl methyl sites for hydroxylation is 1. The SMILES string of the molecule is Cc1cc(OC2CCN(C(=O)c3ccc4ncsc4c3)CC2)cc(=O)n1C. The molecule has 1 aliphatic rings. The molecule has 140 valence electrons. The second-order valence-electron chi connectivity index (χ2n) is 6.87. The summed E-state index contributed by atoms with van der Waals surface area (Å²) in [4.78, 5) is 30.8. The molecular formula is C20H21N3O3S. The van der Waals surface area contributed by atoms with Crippen molar-refractivity contribution < 1.29 is 9.53 Å². The van der Waals surface area contributed by atoms with Gasteiger partial charge in [0.05, 0.1) is 15.7 Å². The highest BCUT2D eigenvalue weighted by Gasteiger charge is 2.25. The fourth-order valence-corrected chi connectivity index (χ4v) is 4.06. The molecule has 0 radical (unpaired) electrons. The number of rotatable bonds is 3. The van der Waals surface area contributed by atoms with E-state index in [1.807, 2.05) is 36.1 Å². The number of carbonyl (C=O) groups excluding carboxylic acids is 1. The lowest BCUT2D eigenvalue weighted by Gasteiger charge is -2.32. The maximum atomic E-state index is 12.8. The van der Waals surface area contributed by atoms with Crippen LogP contribution in [-0.4, -0.2) is 39.6 Å². The monoisotopic (exact) mass is 383 g/mol. The minimum atomic E-state index is -0.0731. The van der Waals surface area contributed by atoms with Crippen molar-refractivity contribution in [3.8, 4) is 5.75 Å². The van der Waals surface area contributed by atoms with E-state index >= 15 is 0 Å². The molecule has 0 N–H and O–H groups in total. The summed E-state index contributed by atoms with van der Waals surface area (Å²) in [5.74, 6) is 0.657. The number of thiazole rings is 1. The first kappa shape index (κ1) is 17.7. The molecule has 3 aromatic rings. The Morgan fingerprint density at radius 1 is 1.22 bits per heavy atom. The molecule has 1 amide bonds. The lowest BCUT2D eigenvalue weighted by molar-refractivity contribution is 0.0595. The van der Waals surface area contributed by atoms with Gasteiger partial charge in [0.2, 0.25) is 0 Å². The van der Waals surface area contributed by atoms with Gasteiger partial charge in [-0.15, -0.1) is 11.3 Å². The molecule has 0 atom stereocenters. The van der Waals surface area contributed by atoms with Gasteiger partial charge < -0.3 is 14.2 Å². The summed E-state index contributed by atoms with van der Waals surface area (Å²) in [7, 11) is 1.75. The molecular weight excluding hydrogens is 362 g/mol. The highest BCUT2D eigenvalue weighted by atomic mass is 32.1. The van der Waals surface area contributed by atoms with E-state index in [0.717, 1.165) is 28.8 Å². The number of nitrogens with zero attached hydrogens (tertiary/aromatic N) is 3. The minimum Gasteiger partial charge on any atom is -0.490 e. The Kier molecular flexibility index (Phi) is 4.70. The zero-order valence-corrected chi connectivity index (χ0v) is 16.2. The first-order valence-electron chi connectivity index (χ1n) is 8.98. The highest BCUT2D eigenvalue weighted by Crippen LogP contribution is 2.23. The summed E-state index contributed by atoms with van der Waals surface area (Å²) in [5.41, 5.74) is 4.21. The van der Waals surface area contributed by atoms with Crippen molar-refractivity contribution in [2.45, 2.75) is 25.9 Å². The van der Waals surface area contributed by atoms with E-state index in [9.17, 15) is 9.59 Å². The van der Waals surface area contributed by atoms with E-state index in [0.29, 0.717) is 24.4 Å². The third kappa shape index (κ3) is 3.60. The molecule has 0 unspecified atom stereocenters. The van der Waals surface area contributed by atoms with E-state index in [-0.39, 0.29) is 17.6 Å². The molecule has 3 heterocycles. The van der Waals surface area contributed by atoms with Crippen LogP contribution in [0.3, 0.4) is 0 Å². The number of piperidine rings is 1. The van der Waals surface area contributed by atoms with Crippen molar-refractivity contribution in [3.05, 3.63) is 57.5 Å². The number of benzene rings is 1. The topological polar surface area (TPSA) is 64.4 Å². The molecule has 27 heavy (non-hydrogen) atoms. The van der Waals surface area contributed by atoms with Crippen LogP contribution in [0.1, 0.15) is 28.9 Å². The number of likely N-dealkylation sites (tertiary alicyclic amines) is 1. The van der Waals surface area contributed by atoms with Crippen LogP contribution < -0.4 is 10.3 Å². The van der Waals surface area contributed by atoms with Gasteiger partial charge >= 0.3 is 0 Å². The molecule has 1 saturated heterocycles. The second-order valence-corrected chi connectivity index (χ2v) is 7.76. The third-order valence-corrected chi connectivity index (χ3v) is 5.88. The van der Waals surface area contributed by atoms with Crippen molar-refractivity contribution in [1.29, 1.82) is 0 Å². The standard InChI is InChI=1S/C20H21N3O3S/c1-13-9-16(11-19(24)22(13)2)26-15-5-7-23(8-6-15)20(25)14-3-4-17-18(10-14)27-12-21-17/h3-4,9-12,15H,5-8H2,1-2H3. The average molecular weight is 383 g/mol. The van der Waals surface area contributed by atoms with Crippen LogP contribution in [0.2, 0.25) is 0 Å². The zero-order chi connectivity index (χ0) is 19.0. The van der Waals surface area contributed by atoms with E-state index in [4.69, 9.17) is 4.74 Å². The number of pyridine rings is 1. The smallest absolute Gasteiger partial charge is 0.254 e. The Morgan fingerprint density at radius 3 is 2.74 bits per heavy atom. The summed E-state index contributed by atoms with van der Waals surface area (Å²) < 4.78 is 8.61.